The van der Waals surface area contributed by atoms with Crippen molar-refractivity contribution in [3.63, 3.8) is 0 Å². The SMILES string of the molecule is CC(=O)OCCCCCC/C=C/CCI. The number of rotatable bonds is 9. The van der Waals surface area contributed by atoms with Gasteiger partial charge in [0.05, 0.1) is 6.61 Å². The summed E-state index contributed by atoms with van der Waals surface area (Å²) in [6.45, 7) is 2.04. The third-order valence-electron chi connectivity index (χ3n) is 2.01. The second kappa shape index (κ2) is 12.0. The second-order valence-corrected chi connectivity index (χ2v) is 4.57. The van der Waals surface area contributed by atoms with E-state index < -0.39 is 0 Å². The molecule has 0 saturated carbocycles. The largest absolute Gasteiger partial charge is 0.466 e. The summed E-state index contributed by atoms with van der Waals surface area (Å²) in [5.74, 6) is -0.170. The molecule has 0 aliphatic heterocycles. The minimum Gasteiger partial charge on any atom is -0.466 e. The topological polar surface area (TPSA) is 26.3 Å². The lowest BCUT2D eigenvalue weighted by atomic mass is 10.1. The van der Waals surface area contributed by atoms with Gasteiger partial charge in [-0.05, 0) is 25.7 Å². The molecule has 0 aromatic carbocycles. The van der Waals surface area contributed by atoms with Crippen LogP contribution in [0, 0.1) is 0 Å². The molecular formula is C12H21IO2. The van der Waals surface area contributed by atoms with Gasteiger partial charge in [-0.2, -0.15) is 0 Å². The molecule has 0 aliphatic carbocycles. The highest BCUT2D eigenvalue weighted by molar-refractivity contribution is 14.1. The molecule has 0 unspecified atom stereocenters. The van der Waals surface area contributed by atoms with Crippen molar-refractivity contribution in [2.45, 2.75) is 45.4 Å². The molecule has 88 valence electrons. The number of carbonyl (C=O) groups is 1. The molecule has 3 heteroatoms. The Morgan fingerprint density at radius 3 is 2.47 bits per heavy atom. The number of hydrogen-bond acceptors (Lipinski definition) is 2. The Kier molecular flexibility index (Phi) is 12.0. The zero-order chi connectivity index (χ0) is 11.4. The Bertz CT molecular complexity index is 178. The number of ether oxygens (including phenoxy) is 1. The number of allylic oxidation sites excluding steroid dienone is 2. The summed E-state index contributed by atoms with van der Waals surface area (Å²) in [6.07, 6.45) is 11.5. The first-order chi connectivity index (χ1) is 7.27. The Hall–Kier alpha value is -0.0600. The summed E-state index contributed by atoms with van der Waals surface area (Å²) in [5, 5.41) is 0. The predicted octanol–water partition coefficient (Wildman–Crippen LogP) is 3.88. The lowest BCUT2D eigenvalue weighted by Crippen LogP contribution is -1.99. The Morgan fingerprint density at radius 2 is 1.80 bits per heavy atom. The van der Waals surface area contributed by atoms with Crippen LogP contribution in [0.2, 0.25) is 0 Å². The van der Waals surface area contributed by atoms with E-state index in [1.807, 2.05) is 0 Å². The monoisotopic (exact) mass is 324 g/mol. The van der Waals surface area contributed by atoms with E-state index in [-0.39, 0.29) is 5.97 Å². The summed E-state index contributed by atoms with van der Waals surface area (Å²) >= 11 is 2.38. The van der Waals surface area contributed by atoms with Crippen LogP contribution in [-0.4, -0.2) is 17.0 Å². The van der Waals surface area contributed by atoms with Gasteiger partial charge in [0, 0.05) is 11.4 Å². The van der Waals surface area contributed by atoms with Gasteiger partial charge in [0.15, 0.2) is 0 Å². The quantitative estimate of drug-likeness (QED) is 0.211. The standard InChI is InChI=1S/C12H21IO2/c1-12(14)15-11-9-7-5-3-2-4-6-8-10-13/h4,6H,2-3,5,7-11H2,1H3/b6-4+. The van der Waals surface area contributed by atoms with Gasteiger partial charge >= 0.3 is 5.97 Å². The van der Waals surface area contributed by atoms with Crippen LogP contribution in [0.25, 0.3) is 0 Å². The van der Waals surface area contributed by atoms with Crippen LogP contribution in [-0.2, 0) is 9.53 Å². The van der Waals surface area contributed by atoms with Gasteiger partial charge in [-0.3, -0.25) is 4.79 Å². The number of halogens is 1. The van der Waals surface area contributed by atoms with E-state index in [1.54, 1.807) is 0 Å². The molecule has 15 heavy (non-hydrogen) atoms. The average Bonchev–Trinajstić information content (AvgIpc) is 2.20. The maximum absolute atomic E-state index is 10.4. The van der Waals surface area contributed by atoms with Crippen molar-refractivity contribution in [3.8, 4) is 0 Å². The number of unbranched alkanes of at least 4 members (excludes halogenated alkanes) is 4. The van der Waals surface area contributed by atoms with Crippen molar-refractivity contribution in [3.05, 3.63) is 12.2 Å². The highest BCUT2D eigenvalue weighted by Gasteiger charge is 1.92. The lowest BCUT2D eigenvalue weighted by molar-refractivity contribution is -0.141. The molecule has 0 spiro atoms. The number of carbonyl (C=O) groups excluding carboxylic acids is 1. The third-order valence-corrected chi connectivity index (χ3v) is 2.64. The van der Waals surface area contributed by atoms with Gasteiger partial charge in [-0.25, -0.2) is 0 Å². The van der Waals surface area contributed by atoms with E-state index in [0.29, 0.717) is 6.61 Å². The summed E-state index contributed by atoms with van der Waals surface area (Å²) in [4.78, 5) is 10.4. The molecule has 0 bridgehead atoms. The fraction of sp³-hybridized carbons (Fsp3) is 0.750. The van der Waals surface area contributed by atoms with Crippen molar-refractivity contribution < 1.29 is 9.53 Å². The van der Waals surface area contributed by atoms with Gasteiger partial charge < -0.3 is 4.74 Å². The van der Waals surface area contributed by atoms with E-state index in [0.717, 1.165) is 12.8 Å². The average molecular weight is 324 g/mol. The highest BCUT2D eigenvalue weighted by atomic mass is 127. The Morgan fingerprint density at radius 1 is 1.13 bits per heavy atom. The van der Waals surface area contributed by atoms with Gasteiger partial charge in [-0.15, -0.1) is 0 Å². The molecule has 0 aromatic rings. The van der Waals surface area contributed by atoms with Crippen molar-refractivity contribution in [2.24, 2.45) is 0 Å². The van der Waals surface area contributed by atoms with E-state index in [1.165, 1.54) is 37.0 Å². The fourth-order valence-corrected chi connectivity index (χ4v) is 1.59. The molecule has 0 radical (unpaired) electrons. The summed E-state index contributed by atoms with van der Waals surface area (Å²) in [5.41, 5.74) is 0. The van der Waals surface area contributed by atoms with Crippen molar-refractivity contribution in [1.82, 2.24) is 0 Å². The van der Waals surface area contributed by atoms with Gasteiger partial charge in [0.1, 0.15) is 0 Å². The third kappa shape index (κ3) is 13.9. The van der Waals surface area contributed by atoms with Gasteiger partial charge in [0.2, 0.25) is 0 Å². The number of hydrogen-bond donors (Lipinski definition) is 0. The molecule has 0 saturated heterocycles. The number of alkyl halides is 1. The maximum Gasteiger partial charge on any atom is 0.302 e. The summed E-state index contributed by atoms with van der Waals surface area (Å²) in [7, 11) is 0. The van der Waals surface area contributed by atoms with Crippen LogP contribution in [0.4, 0.5) is 0 Å². The Labute approximate surface area is 107 Å². The van der Waals surface area contributed by atoms with Crippen LogP contribution in [0.1, 0.15) is 45.4 Å². The van der Waals surface area contributed by atoms with Crippen molar-refractivity contribution in [1.29, 1.82) is 0 Å². The van der Waals surface area contributed by atoms with E-state index >= 15 is 0 Å². The van der Waals surface area contributed by atoms with Gasteiger partial charge in [-0.1, -0.05) is 47.6 Å². The molecule has 0 heterocycles. The minimum atomic E-state index is -0.170. The minimum absolute atomic E-state index is 0.170. The molecule has 0 atom stereocenters. The molecule has 0 amide bonds. The summed E-state index contributed by atoms with van der Waals surface area (Å²) < 4.78 is 6.05. The van der Waals surface area contributed by atoms with Crippen LogP contribution in [0.5, 0.6) is 0 Å². The maximum atomic E-state index is 10.4. The zero-order valence-electron chi connectivity index (χ0n) is 9.51. The smallest absolute Gasteiger partial charge is 0.302 e. The molecule has 0 aliphatic rings. The lowest BCUT2D eigenvalue weighted by Gasteiger charge is -2.00. The van der Waals surface area contributed by atoms with E-state index in [2.05, 4.69) is 34.7 Å². The van der Waals surface area contributed by atoms with Crippen molar-refractivity contribution in [2.75, 3.05) is 11.0 Å². The normalized spacial score (nSPS) is 10.8. The van der Waals surface area contributed by atoms with Crippen molar-refractivity contribution >= 4 is 28.6 Å². The van der Waals surface area contributed by atoms with E-state index in [4.69, 9.17) is 4.74 Å². The molecule has 0 fully saturated rings. The molecular weight excluding hydrogens is 303 g/mol. The Balaban J connectivity index is 3.01. The van der Waals surface area contributed by atoms with Crippen LogP contribution < -0.4 is 0 Å². The summed E-state index contributed by atoms with van der Waals surface area (Å²) in [6, 6.07) is 0. The van der Waals surface area contributed by atoms with Crippen LogP contribution >= 0.6 is 22.6 Å². The molecule has 0 N–H and O–H groups in total. The molecule has 0 rings (SSSR count). The predicted molar refractivity (Wildman–Crippen MR) is 72.4 cm³/mol. The van der Waals surface area contributed by atoms with E-state index in [9.17, 15) is 4.79 Å². The first-order valence-corrected chi connectivity index (χ1v) is 7.14. The first-order valence-electron chi connectivity index (χ1n) is 5.61. The highest BCUT2D eigenvalue weighted by Crippen LogP contribution is 2.04. The fourth-order valence-electron chi connectivity index (χ4n) is 1.23. The van der Waals surface area contributed by atoms with Crippen LogP contribution in [0.15, 0.2) is 12.2 Å². The van der Waals surface area contributed by atoms with Crippen LogP contribution in [0.3, 0.4) is 0 Å². The first kappa shape index (κ1) is 14.9. The zero-order valence-corrected chi connectivity index (χ0v) is 11.7. The van der Waals surface area contributed by atoms with Gasteiger partial charge in [0.25, 0.3) is 0 Å². The number of esters is 1. The molecule has 2 nitrogen and oxygen atoms in total. The second-order valence-electron chi connectivity index (χ2n) is 3.49. The molecule has 0 aromatic heterocycles.